The fourth-order valence-corrected chi connectivity index (χ4v) is 1.81. The van der Waals surface area contributed by atoms with E-state index in [1.165, 1.54) is 24.3 Å². The molecule has 0 heterocycles. The van der Waals surface area contributed by atoms with Crippen molar-refractivity contribution < 1.29 is 31.1 Å². The molecular weight excluding hydrogens is 338 g/mol. The largest absolute Gasteiger partial charge is 0.420 e. The Labute approximate surface area is 126 Å². The van der Waals surface area contributed by atoms with Crippen LogP contribution in [0, 0.1) is 0 Å². The molecule has 1 rings (SSSR count). The van der Waals surface area contributed by atoms with Crippen LogP contribution in [0.2, 0.25) is 5.02 Å². The van der Waals surface area contributed by atoms with Crippen LogP contribution < -0.4 is 10.6 Å². The van der Waals surface area contributed by atoms with Crippen molar-refractivity contribution in [2.24, 2.45) is 0 Å². The minimum atomic E-state index is -5.70. The van der Waals surface area contributed by atoms with Crippen LogP contribution in [0.4, 0.5) is 36.8 Å². The maximum Gasteiger partial charge on any atom is 0.420 e. The number of anilines is 1. The molecule has 1 aromatic carbocycles. The van der Waals surface area contributed by atoms with Gasteiger partial charge in [-0.05, 0) is 30.7 Å². The molecule has 0 aromatic heterocycles. The highest BCUT2D eigenvalue weighted by Gasteiger charge is 2.70. The highest BCUT2D eigenvalue weighted by atomic mass is 35.5. The molecule has 2 N–H and O–H groups in total. The molecule has 3 nitrogen and oxygen atoms in total. The summed E-state index contributed by atoms with van der Waals surface area (Å²) in [5, 5.41) is 3.18. The summed E-state index contributed by atoms with van der Waals surface area (Å²) >= 11 is 5.57. The van der Waals surface area contributed by atoms with Gasteiger partial charge in [0.25, 0.3) is 0 Å². The third kappa shape index (κ3) is 3.76. The van der Waals surface area contributed by atoms with Crippen LogP contribution >= 0.6 is 11.6 Å². The summed E-state index contributed by atoms with van der Waals surface area (Å²) in [7, 11) is 0. The predicted molar refractivity (Wildman–Crippen MR) is 68.7 cm³/mol. The number of hydrogen-bond acceptors (Lipinski definition) is 1. The van der Waals surface area contributed by atoms with Crippen LogP contribution in [-0.2, 0) is 0 Å². The zero-order chi connectivity index (χ0) is 17.2. The van der Waals surface area contributed by atoms with E-state index >= 15 is 0 Å². The minimum absolute atomic E-state index is 0.00347. The van der Waals surface area contributed by atoms with Gasteiger partial charge in [0.2, 0.25) is 5.54 Å². The van der Waals surface area contributed by atoms with E-state index in [0.717, 1.165) is 5.32 Å². The van der Waals surface area contributed by atoms with Crippen LogP contribution in [0.1, 0.15) is 13.3 Å². The van der Waals surface area contributed by atoms with Crippen molar-refractivity contribution >= 4 is 23.3 Å². The molecule has 0 spiro atoms. The molecule has 0 unspecified atom stereocenters. The number of benzene rings is 1. The molecule has 0 aliphatic rings. The Kier molecular flexibility index (Phi) is 5.21. The first-order chi connectivity index (χ1) is 9.93. The summed E-state index contributed by atoms with van der Waals surface area (Å²) in [5.74, 6) is 0. The first-order valence-corrected chi connectivity index (χ1v) is 6.29. The monoisotopic (exact) mass is 348 g/mol. The lowest BCUT2D eigenvalue weighted by Gasteiger charge is -2.37. The smallest absolute Gasteiger partial charge is 0.316 e. The molecule has 124 valence electrons. The molecule has 10 heteroatoms. The number of hydrogen-bond donors (Lipinski definition) is 2. The second kappa shape index (κ2) is 6.23. The molecule has 0 saturated heterocycles. The molecule has 1 aromatic rings. The summed E-state index contributed by atoms with van der Waals surface area (Å²) in [6.45, 7) is 0.684. The lowest BCUT2D eigenvalue weighted by atomic mass is 9.94. The topological polar surface area (TPSA) is 41.1 Å². The maximum atomic E-state index is 12.8. The number of carbonyl (C=O) groups is 1. The van der Waals surface area contributed by atoms with Gasteiger partial charge >= 0.3 is 18.4 Å². The van der Waals surface area contributed by atoms with Gasteiger partial charge in [0.05, 0.1) is 0 Å². The number of rotatable bonds is 3. The number of halogens is 7. The van der Waals surface area contributed by atoms with Crippen molar-refractivity contribution in [2.75, 3.05) is 5.32 Å². The number of urea groups is 1. The minimum Gasteiger partial charge on any atom is -0.316 e. The van der Waals surface area contributed by atoms with E-state index in [9.17, 15) is 31.1 Å². The standard InChI is InChI=1S/C12H11ClF6N2O/c1-2-10(11(14,15)16,12(17,18)19)21-9(22)20-8-5-3-7(13)4-6-8/h3-6H,2H2,1H3,(H2,20,21,22). The first kappa shape index (κ1) is 18.4. The summed E-state index contributed by atoms with van der Waals surface area (Å²) in [4.78, 5) is 11.5. The molecule has 2 amide bonds. The van der Waals surface area contributed by atoms with Gasteiger partial charge in [0, 0.05) is 10.7 Å². The van der Waals surface area contributed by atoms with E-state index in [4.69, 9.17) is 11.6 Å². The normalized spacial score (nSPS) is 12.9. The molecule has 0 saturated carbocycles. The van der Waals surface area contributed by atoms with Crippen molar-refractivity contribution in [3.63, 3.8) is 0 Å². The van der Waals surface area contributed by atoms with Crippen LogP contribution in [0.15, 0.2) is 24.3 Å². The van der Waals surface area contributed by atoms with Crippen molar-refractivity contribution in [3.05, 3.63) is 29.3 Å². The zero-order valence-electron chi connectivity index (χ0n) is 11.1. The molecule has 0 atom stereocenters. The second-order valence-electron chi connectivity index (χ2n) is 4.34. The fraction of sp³-hybridized carbons (Fsp3) is 0.417. The average molecular weight is 349 g/mol. The molecule has 0 radical (unpaired) electrons. The average Bonchev–Trinajstić information content (AvgIpc) is 2.35. The Morgan fingerprint density at radius 2 is 1.50 bits per heavy atom. The maximum absolute atomic E-state index is 12.8. The number of carbonyl (C=O) groups excluding carboxylic acids is 1. The van der Waals surface area contributed by atoms with E-state index in [1.807, 2.05) is 5.32 Å². The summed E-state index contributed by atoms with van der Waals surface area (Å²) in [6.07, 6.45) is -12.8. The first-order valence-electron chi connectivity index (χ1n) is 5.91. The number of nitrogens with one attached hydrogen (secondary N) is 2. The summed E-state index contributed by atoms with van der Waals surface area (Å²) in [6, 6.07) is 3.47. The van der Waals surface area contributed by atoms with Crippen molar-refractivity contribution in [3.8, 4) is 0 Å². The van der Waals surface area contributed by atoms with Crippen molar-refractivity contribution in [1.29, 1.82) is 0 Å². The van der Waals surface area contributed by atoms with Gasteiger partial charge in [-0.1, -0.05) is 18.5 Å². The summed E-state index contributed by atoms with van der Waals surface area (Å²) in [5.41, 5.74) is -4.33. The zero-order valence-corrected chi connectivity index (χ0v) is 11.8. The molecule has 0 aliphatic heterocycles. The molecule has 22 heavy (non-hydrogen) atoms. The van der Waals surface area contributed by atoms with Gasteiger partial charge < -0.3 is 10.6 Å². The molecule has 0 fully saturated rings. The van der Waals surface area contributed by atoms with E-state index in [0.29, 0.717) is 11.9 Å². The Bertz CT molecular complexity index is 512. The highest BCUT2D eigenvalue weighted by molar-refractivity contribution is 6.30. The Hall–Kier alpha value is -1.64. The lowest BCUT2D eigenvalue weighted by Crippen LogP contribution is -2.67. The van der Waals surface area contributed by atoms with Gasteiger partial charge in [0.1, 0.15) is 0 Å². The van der Waals surface area contributed by atoms with Gasteiger partial charge in [-0.3, -0.25) is 0 Å². The Morgan fingerprint density at radius 3 is 1.86 bits per heavy atom. The number of alkyl halides is 6. The third-order valence-electron chi connectivity index (χ3n) is 2.93. The Balaban J connectivity index is 3.00. The Morgan fingerprint density at radius 1 is 1.05 bits per heavy atom. The van der Waals surface area contributed by atoms with E-state index < -0.39 is 30.3 Å². The van der Waals surface area contributed by atoms with Crippen LogP contribution in [0.3, 0.4) is 0 Å². The van der Waals surface area contributed by atoms with Crippen LogP contribution in [-0.4, -0.2) is 23.9 Å². The van der Waals surface area contributed by atoms with Gasteiger partial charge in [-0.25, -0.2) is 4.79 Å². The van der Waals surface area contributed by atoms with Crippen molar-refractivity contribution in [1.82, 2.24) is 5.32 Å². The third-order valence-corrected chi connectivity index (χ3v) is 3.18. The van der Waals surface area contributed by atoms with Gasteiger partial charge in [-0.2, -0.15) is 26.3 Å². The van der Waals surface area contributed by atoms with Gasteiger partial charge in [0.15, 0.2) is 0 Å². The van der Waals surface area contributed by atoms with E-state index in [2.05, 4.69) is 0 Å². The number of amides is 2. The van der Waals surface area contributed by atoms with Crippen LogP contribution in [0.5, 0.6) is 0 Å². The fourth-order valence-electron chi connectivity index (χ4n) is 1.68. The van der Waals surface area contributed by atoms with E-state index in [1.54, 1.807) is 0 Å². The summed E-state index contributed by atoms with van der Waals surface area (Å²) < 4.78 is 77.1. The van der Waals surface area contributed by atoms with Crippen molar-refractivity contribution in [2.45, 2.75) is 31.2 Å². The lowest BCUT2D eigenvalue weighted by molar-refractivity contribution is -0.304. The molecule has 0 bridgehead atoms. The second-order valence-corrected chi connectivity index (χ2v) is 4.78. The van der Waals surface area contributed by atoms with Gasteiger partial charge in [-0.15, -0.1) is 0 Å². The molecule has 0 aliphatic carbocycles. The van der Waals surface area contributed by atoms with E-state index in [-0.39, 0.29) is 5.69 Å². The highest BCUT2D eigenvalue weighted by Crippen LogP contribution is 2.45. The quantitative estimate of drug-likeness (QED) is 0.761. The SMILES string of the molecule is CCC(NC(=O)Nc1ccc(Cl)cc1)(C(F)(F)F)C(F)(F)F. The molecular formula is C12H11ClF6N2O. The van der Waals surface area contributed by atoms with Crippen LogP contribution in [0.25, 0.3) is 0 Å². The predicted octanol–water partition coefficient (Wildman–Crippen LogP) is 4.73.